The Morgan fingerprint density at radius 3 is 3.22 bits per heavy atom. The van der Waals surface area contributed by atoms with Crippen molar-refractivity contribution in [3.05, 3.63) is 47.3 Å². The van der Waals surface area contributed by atoms with Crippen LogP contribution in [-0.4, -0.2) is 16.4 Å². The van der Waals surface area contributed by atoms with Gasteiger partial charge in [-0.3, -0.25) is 4.68 Å². The van der Waals surface area contributed by atoms with Gasteiger partial charge in [-0.1, -0.05) is 18.1 Å². The lowest BCUT2D eigenvalue weighted by Gasteiger charge is -2.27. The molecule has 0 amide bonds. The maximum absolute atomic E-state index is 5.52. The van der Waals surface area contributed by atoms with E-state index in [-0.39, 0.29) is 6.04 Å². The van der Waals surface area contributed by atoms with Gasteiger partial charge in [0.15, 0.2) is 0 Å². The fourth-order valence-corrected chi connectivity index (χ4v) is 3.28. The average Bonchev–Trinajstić information content (AvgIpc) is 2.96. The first-order valence-corrected chi connectivity index (χ1v) is 8.12. The number of aryl methyl sites for hydroxylation is 1. The van der Waals surface area contributed by atoms with E-state index in [2.05, 4.69) is 35.4 Å². The third-order valence-electron chi connectivity index (χ3n) is 4.51. The zero-order valence-electron chi connectivity index (χ0n) is 13.7. The Balaban J connectivity index is 1.72. The molecule has 1 aliphatic rings. The van der Waals surface area contributed by atoms with Crippen LogP contribution in [0.2, 0.25) is 0 Å². The summed E-state index contributed by atoms with van der Waals surface area (Å²) >= 11 is 0. The first kappa shape index (κ1) is 15.6. The van der Waals surface area contributed by atoms with E-state index in [1.165, 1.54) is 23.2 Å². The van der Waals surface area contributed by atoms with Gasteiger partial charge in [-0.15, -0.1) is 6.42 Å². The zero-order chi connectivity index (χ0) is 16.2. The molecule has 1 heterocycles. The molecule has 1 aromatic heterocycles. The molecular formula is C19H23N3O. The number of aromatic nitrogens is 2. The summed E-state index contributed by atoms with van der Waals surface area (Å²) in [7, 11) is 2.02. The van der Waals surface area contributed by atoms with E-state index in [1.54, 1.807) is 0 Å². The Labute approximate surface area is 137 Å². The molecule has 120 valence electrons. The van der Waals surface area contributed by atoms with Crippen LogP contribution in [0.5, 0.6) is 5.75 Å². The van der Waals surface area contributed by atoms with Crippen molar-refractivity contribution < 1.29 is 4.74 Å². The fourth-order valence-electron chi connectivity index (χ4n) is 3.28. The van der Waals surface area contributed by atoms with Crippen LogP contribution in [0.15, 0.2) is 30.5 Å². The molecule has 1 aromatic carbocycles. The number of hydrogen-bond acceptors (Lipinski definition) is 3. The molecule has 0 spiro atoms. The van der Waals surface area contributed by atoms with Crippen molar-refractivity contribution in [3.8, 4) is 18.1 Å². The van der Waals surface area contributed by atoms with E-state index < -0.39 is 0 Å². The maximum Gasteiger partial charge on any atom is 0.148 e. The highest BCUT2D eigenvalue weighted by molar-refractivity contribution is 5.31. The number of fused-ring (bicyclic) bond motifs is 1. The third-order valence-corrected chi connectivity index (χ3v) is 4.51. The topological polar surface area (TPSA) is 39.1 Å². The Bertz CT molecular complexity index is 714. The standard InChI is InChI=1S/C19H23N3O/c1-4-11-23-16-8-5-7-15(12-16)14(2)21-18-9-6-10-19-17(18)13-20-22(19)3/h1,5,7-8,12-14,18,21H,6,9-11H2,2-3H3. The molecule has 0 saturated heterocycles. The number of nitrogens with one attached hydrogen (secondary N) is 1. The average molecular weight is 309 g/mol. The molecule has 4 heteroatoms. The molecule has 1 N–H and O–H groups in total. The van der Waals surface area contributed by atoms with Gasteiger partial charge in [0.25, 0.3) is 0 Å². The Morgan fingerprint density at radius 1 is 1.52 bits per heavy atom. The lowest BCUT2D eigenvalue weighted by molar-refractivity contribution is 0.368. The van der Waals surface area contributed by atoms with Crippen LogP contribution in [0.4, 0.5) is 0 Å². The van der Waals surface area contributed by atoms with Gasteiger partial charge in [0.2, 0.25) is 0 Å². The SMILES string of the molecule is C#CCOc1cccc(C(C)NC2CCCc3c2cnn3C)c1. The predicted molar refractivity (Wildman–Crippen MR) is 91.2 cm³/mol. The van der Waals surface area contributed by atoms with Gasteiger partial charge in [-0.25, -0.2) is 0 Å². The van der Waals surface area contributed by atoms with Crippen LogP contribution in [0.1, 0.15) is 48.7 Å². The second kappa shape index (κ2) is 6.89. The molecule has 2 atom stereocenters. The van der Waals surface area contributed by atoms with Gasteiger partial charge in [-0.2, -0.15) is 5.10 Å². The molecule has 0 bridgehead atoms. The monoisotopic (exact) mass is 309 g/mol. The fraction of sp³-hybridized carbons (Fsp3) is 0.421. The summed E-state index contributed by atoms with van der Waals surface area (Å²) in [6, 6.07) is 8.72. The number of benzene rings is 1. The highest BCUT2D eigenvalue weighted by Gasteiger charge is 2.24. The summed E-state index contributed by atoms with van der Waals surface area (Å²) in [5.74, 6) is 3.32. The van der Waals surface area contributed by atoms with Gasteiger partial charge in [0.05, 0.1) is 6.20 Å². The first-order valence-electron chi connectivity index (χ1n) is 8.12. The molecule has 0 saturated carbocycles. The van der Waals surface area contributed by atoms with Gasteiger partial charge in [0, 0.05) is 30.4 Å². The highest BCUT2D eigenvalue weighted by atomic mass is 16.5. The van der Waals surface area contributed by atoms with Crippen LogP contribution in [-0.2, 0) is 13.5 Å². The summed E-state index contributed by atoms with van der Waals surface area (Å²) in [5.41, 5.74) is 3.90. The van der Waals surface area contributed by atoms with Crippen molar-refractivity contribution in [3.63, 3.8) is 0 Å². The van der Waals surface area contributed by atoms with Crippen molar-refractivity contribution in [2.24, 2.45) is 7.05 Å². The first-order chi connectivity index (χ1) is 11.2. The molecule has 0 fully saturated rings. The molecule has 0 radical (unpaired) electrons. The Morgan fingerprint density at radius 2 is 2.39 bits per heavy atom. The van der Waals surface area contributed by atoms with Crippen LogP contribution in [0, 0.1) is 12.3 Å². The molecule has 1 aliphatic carbocycles. The third kappa shape index (κ3) is 3.40. The maximum atomic E-state index is 5.52. The summed E-state index contributed by atoms with van der Waals surface area (Å²) < 4.78 is 7.52. The molecule has 0 aliphatic heterocycles. The smallest absolute Gasteiger partial charge is 0.148 e. The largest absolute Gasteiger partial charge is 0.481 e. The lowest BCUT2D eigenvalue weighted by Crippen LogP contribution is -2.27. The zero-order valence-corrected chi connectivity index (χ0v) is 13.7. The van der Waals surface area contributed by atoms with E-state index in [1.807, 2.05) is 30.1 Å². The van der Waals surface area contributed by atoms with Crippen molar-refractivity contribution in [1.82, 2.24) is 15.1 Å². The molecule has 2 aromatic rings. The van der Waals surface area contributed by atoms with Crippen molar-refractivity contribution >= 4 is 0 Å². The van der Waals surface area contributed by atoms with Gasteiger partial charge >= 0.3 is 0 Å². The van der Waals surface area contributed by atoms with E-state index in [4.69, 9.17) is 11.2 Å². The van der Waals surface area contributed by atoms with Crippen molar-refractivity contribution in [1.29, 1.82) is 0 Å². The molecule has 4 nitrogen and oxygen atoms in total. The number of rotatable bonds is 5. The van der Waals surface area contributed by atoms with Crippen LogP contribution >= 0.6 is 0 Å². The van der Waals surface area contributed by atoms with Crippen LogP contribution in [0.25, 0.3) is 0 Å². The Kier molecular flexibility index (Phi) is 4.68. The van der Waals surface area contributed by atoms with E-state index in [0.717, 1.165) is 18.6 Å². The van der Waals surface area contributed by atoms with Gasteiger partial charge in [0.1, 0.15) is 12.4 Å². The quantitative estimate of drug-likeness (QED) is 0.862. The number of ether oxygens (including phenoxy) is 1. The lowest BCUT2D eigenvalue weighted by atomic mass is 9.92. The minimum absolute atomic E-state index is 0.237. The summed E-state index contributed by atoms with van der Waals surface area (Å²) in [6.45, 7) is 2.48. The van der Waals surface area contributed by atoms with Crippen LogP contribution < -0.4 is 10.1 Å². The number of terminal acetylenes is 1. The van der Waals surface area contributed by atoms with Gasteiger partial charge < -0.3 is 10.1 Å². The molecule has 23 heavy (non-hydrogen) atoms. The Hall–Kier alpha value is -2.25. The van der Waals surface area contributed by atoms with Crippen molar-refractivity contribution in [2.45, 2.75) is 38.3 Å². The van der Waals surface area contributed by atoms with E-state index >= 15 is 0 Å². The number of hydrogen-bond donors (Lipinski definition) is 1. The minimum atomic E-state index is 0.237. The second-order valence-corrected chi connectivity index (χ2v) is 6.07. The normalized spacial score (nSPS) is 18.0. The van der Waals surface area contributed by atoms with E-state index in [9.17, 15) is 0 Å². The van der Waals surface area contributed by atoms with Crippen LogP contribution in [0.3, 0.4) is 0 Å². The summed E-state index contributed by atoms with van der Waals surface area (Å²) in [5, 5.41) is 8.15. The van der Waals surface area contributed by atoms with Gasteiger partial charge in [-0.05, 0) is 43.9 Å². The predicted octanol–water partition coefficient (Wildman–Crippen LogP) is 3.16. The second-order valence-electron chi connectivity index (χ2n) is 6.07. The minimum Gasteiger partial charge on any atom is -0.481 e. The highest BCUT2D eigenvalue weighted by Crippen LogP contribution is 2.31. The molecule has 3 rings (SSSR count). The van der Waals surface area contributed by atoms with Crippen molar-refractivity contribution in [2.75, 3.05) is 6.61 Å². The summed E-state index contributed by atoms with van der Waals surface area (Å²) in [6.07, 6.45) is 10.7. The number of nitrogens with zero attached hydrogens (tertiary/aromatic N) is 2. The molecule has 2 unspecified atom stereocenters. The van der Waals surface area contributed by atoms with E-state index in [0.29, 0.717) is 12.6 Å². The summed E-state index contributed by atoms with van der Waals surface area (Å²) in [4.78, 5) is 0. The molecular weight excluding hydrogens is 286 g/mol.